The van der Waals surface area contributed by atoms with Gasteiger partial charge in [0.2, 0.25) is 0 Å². The predicted molar refractivity (Wildman–Crippen MR) is 130 cm³/mol. The van der Waals surface area contributed by atoms with E-state index in [9.17, 15) is 4.79 Å². The van der Waals surface area contributed by atoms with Gasteiger partial charge in [0.25, 0.3) is 0 Å². The topological polar surface area (TPSA) is 59.2 Å². The minimum absolute atomic E-state index is 0.0788. The van der Waals surface area contributed by atoms with Crippen LogP contribution in [0.1, 0.15) is 34.4 Å². The Kier molecular flexibility index (Phi) is 4.98. The highest BCUT2D eigenvalue weighted by Gasteiger charge is 2.32. The van der Waals surface area contributed by atoms with E-state index < -0.39 is 0 Å². The summed E-state index contributed by atoms with van der Waals surface area (Å²) in [7, 11) is 0. The number of carbonyl (C=O) groups excluding carboxylic acids is 1. The van der Waals surface area contributed by atoms with Gasteiger partial charge in [0.1, 0.15) is 11.6 Å². The van der Waals surface area contributed by atoms with Crippen molar-refractivity contribution in [3.8, 4) is 11.4 Å². The van der Waals surface area contributed by atoms with Crippen LogP contribution in [0.3, 0.4) is 0 Å². The molecule has 0 atom stereocenters. The van der Waals surface area contributed by atoms with E-state index in [2.05, 4.69) is 33.4 Å². The Balaban J connectivity index is 1.21. The summed E-state index contributed by atoms with van der Waals surface area (Å²) in [6.07, 6.45) is 1.61. The maximum absolute atomic E-state index is 13.5. The molecule has 0 saturated heterocycles. The number of urea groups is 1. The number of benzene rings is 2. The second kappa shape index (κ2) is 8.17. The summed E-state index contributed by atoms with van der Waals surface area (Å²) in [5.74, 6) is 1.94. The van der Waals surface area contributed by atoms with Crippen molar-refractivity contribution in [2.24, 2.45) is 0 Å². The molecule has 0 spiro atoms. The van der Waals surface area contributed by atoms with Crippen molar-refractivity contribution in [1.82, 2.24) is 28.9 Å². The number of para-hydroxylation sites is 2. The highest BCUT2D eigenvalue weighted by molar-refractivity contribution is 5.75. The molecule has 172 valence electrons. The third-order valence-electron chi connectivity index (χ3n) is 6.93. The first-order valence-corrected chi connectivity index (χ1v) is 11.9. The van der Waals surface area contributed by atoms with E-state index in [1.54, 1.807) is 0 Å². The number of amides is 2. The van der Waals surface area contributed by atoms with Gasteiger partial charge in [-0.1, -0.05) is 36.4 Å². The fourth-order valence-corrected chi connectivity index (χ4v) is 5.40. The van der Waals surface area contributed by atoms with Gasteiger partial charge in [-0.25, -0.2) is 14.8 Å². The van der Waals surface area contributed by atoms with E-state index in [1.807, 2.05) is 60.0 Å². The van der Waals surface area contributed by atoms with Crippen molar-refractivity contribution in [2.75, 3.05) is 13.1 Å². The summed E-state index contributed by atoms with van der Waals surface area (Å²) >= 11 is 0. The molecule has 4 heterocycles. The van der Waals surface area contributed by atoms with Gasteiger partial charge in [-0.3, -0.25) is 0 Å². The van der Waals surface area contributed by atoms with Crippen LogP contribution in [0.15, 0.2) is 60.7 Å². The third kappa shape index (κ3) is 3.39. The first-order valence-electron chi connectivity index (χ1n) is 11.9. The van der Waals surface area contributed by atoms with Gasteiger partial charge < -0.3 is 18.9 Å². The molecule has 0 fully saturated rings. The quantitative estimate of drug-likeness (QED) is 0.458. The summed E-state index contributed by atoms with van der Waals surface area (Å²) in [5, 5.41) is 0. The zero-order chi connectivity index (χ0) is 23.2. The molecule has 2 aromatic carbocycles. The molecule has 0 saturated carbocycles. The molecular weight excluding hydrogens is 424 g/mol. The first kappa shape index (κ1) is 20.7. The monoisotopic (exact) mass is 452 g/mol. The SMILES string of the molecule is Cc1nc2c(n1-c1ccccc1)CCN(C(=O)N1CCc3c(nc(C)n3-c3ccccc3)C1)C2. The average Bonchev–Trinajstić information content (AvgIpc) is 3.38. The largest absolute Gasteiger partial charge is 0.320 e. The van der Waals surface area contributed by atoms with Crippen LogP contribution < -0.4 is 0 Å². The summed E-state index contributed by atoms with van der Waals surface area (Å²) in [6.45, 7) is 6.57. The fourth-order valence-electron chi connectivity index (χ4n) is 5.40. The molecule has 7 heteroatoms. The van der Waals surface area contributed by atoms with Gasteiger partial charge in [-0.2, -0.15) is 0 Å². The van der Waals surface area contributed by atoms with Crippen LogP contribution in [-0.4, -0.2) is 48.0 Å². The lowest BCUT2D eigenvalue weighted by molar-refractivity contribution is 0.141. The van der Waals surface area contributed by atoms with Crippen LogP contribution >= 0.6 is 0 Å². The number of carbonyl (C=O) groups is 1. The molecule has 2 amide bonds. The number of nitrogens with zero attached hydrogens (tertiary/aromatic N) is 6. The summed E-state index contributed by atoms with van der Waals surface area (Å²) in [4.78, 5) is 27.0. The summed E-state index contributed by atoms with van der Waals surface area (Å²) in [5.41, 5.74) is 6.69. The minimum Gasteiger partial charge on any atom is -0.318 e. The van der Waals surface area contributed by atoms with E-state index in [0.717, 1.165) is 47.3 Å². The minimum atomic E-state index is 0.0788. The number of hydrogen-bond acceptors (Lipinski definition) is 3. The molecule has 0 unspecified atom stereocenters. The van der Waals surface area contributed by atoms with E-state index in [1.165, 1.54) is 11.4 Å². The molecular formula is C27H28N6O. The summed E-state index contributed by atoms with van der Waals surface area (Å²) in [6, 6.07) is 20.7. The van der Waals surface area contributed by atoms with E-state index >= 15 is 0 Å². The second-order valence-electron chi connectivity index (χ2n) is 9.07. The van der Waals surface area contributed by atoms with Crippen LogP contribution in [0.5, 0.6) is 0 Å². The standard InChI is InChI=1S/C27H28N6O/c1-19-28-23-17-30(15-13-25(23)32(19)21-9-5-3-6-10-21)27(34)31-16-14-26-24(18-31)29-20(2)33(26)22-11-7-4-8-12-22/h3-12H,13-18H2,1-2H3. The summed E-state index contributed by atoms with van der Waals surface area (Å²) < 4.78 is 4.45. The van der Waals surface area contributed by atoms with Gasteiger partial charge in [-0.15, -0.1) is 0 Å². The van der Waals surface area contributed by atoms with Crippen LogP contribution in [0.2, 0.25) is 0 Å². The second-order valence-corrected chi connectivity index (χ2v) is 9.07. The average molecular weight is 453 g/mol. The number of aryl methyl sites for hydroxylation is 2. The molecule has 4 aromatic rings. The Hall–Kier alpha value is -3.87. The van der Waals surface area contributed by atoms with Crippen molar-refractivity contribution in [2.45, 2.75) is 39.8 Å². The van der Waals surface area contributed by atoms with Crippen LogP contribution in [0.4, 0.5) is 4.79 Å². The first-order chi connectivity index (χ1) is 16.6. The van der Waals surface area contributed by atoms with Gasteiger partial charge >= 0.3 is 6.03 Å². The Morgan fingerprint density at radius 2 is 1.09 bits per heavy atom. The van der Waals surface area contributed by atoms with Crippen LogP contribution in [-0.2, 0) is 25.9 Å². The molecule has 7 nitrogen and oxygen atoms in total. The molecule has 0 radical (unpaired) electrons. The van der Waals surface area contributed by atoms with E-state index in [4.69, 9.17) is 9.97 Å². The van der Waals surface area contributed by atoms with Crippen molar-refractivity contribution in [3.05, 3.63) is 95.1 Å². The number of hydrogen-bond donors (Lipinski definition) is 0. The van der Waals surface area contributed by atoms with Gasteiger partial charge in [0.05, 0.1) is 24.5 Å². The highest BCUT2D eigenvalue weighted by Crippen LogP contribution is 2.27. The number of imidazole rings is 2. The van der Waals surface area contributed by atoms with Gasteiger partial charge in [0, 0.05) is 48.7 Å². The molecule has 2 aromatic heterocycles. The van der Waals surface area contributed by atoms with Gasteiger partial charge in [-0.05, 0) is 38.1 Å². The molecule has 0 bridgehead atoms. The lowest BCUT2D eigenvalue weighted by Crippen LogP contribution is -2.47. The van der Waals surface area contributed by atoms with Crippen molar-refractivity contribution >= 4 is 6.03 Å². The van der Waals surface area contributed by atoms with E-state index in [-0.39, 0.29) is 6.03 Å². The van der Waals surface area contributed by atoms with E-state index in [0.29, 0.717) is 26.2 Å². The van der Waals surface area contributed by atoms with Gasteiger partial charge in [0.15, 0.2) is 0 Å². The van der Waals surface area contributed by atoms with Crippen LogP contribution in [0.25, 0.3) is 11.4 Å². The number of fused-ring (bicyclic) bond motifs is 2. The predicted octanol–water partition coefficient (Wildman–Crippen LogP) is 4.21. The zero-order valence-corrected chi connectivity index (χ0v) is 19.6. The Morgan fingerprint density at radius 1 is 0.676 bits per heavy atom. The molecule has 0 aliphatic carbocycles. The lowest BCUT2D eigenvalue weighted by atomic mass is 10.1. The fraction of sp³-hybridized carbons (Fsp3) is 0.296. The number of rotatable bonds is 2. The van der Waals surface area contributed by atoms with Crippen molar-refractivity contribution in [1.29, 1.82) is 0 Å². The molecule has 0 N–H and O–H groups in total. The molecule has 2 aliphatic heterocycles. The Labute approximate surface area is 199 Å². The third-order valence-corrected chi connectivity index (χ3v) is 6.93. The Morgan fingerprint density at radius 3 is 1.50 bits per heavy atom. The number of aromatic nitrogens is 4. The zero-order valence-electron chi connectivity index (χ0n) is 19.6. The molecule has 6 rings (SSSR count). The Bertz CT molecular complexity index is 1250. The highest BCUT2D eigenvalue weighted by atomic mass is 16.2. The maximum atomic E-state index is 13.5. The van der Waals surface area contributed by atoms with Crippen LogP contribution in [0, 0.1) is 13.8 Å². The van der Waals surface area contributed by atoms with Crippen molar-refractivity contribution in [3.63, 3.8) is 0 Å². The molecule has 34 heavy (non-hydrogen) atoms. The molecule has 2 aliphatic rings. The smallest absolute Gasteiger partial charge is 0.318 e. The maximum Gasteiger partial charge on any atom is 0.320 e. The lowest BCUT2D eigenvalue weighted by Gasteiger charge is -2.34. The van der Waals surface area contributed by atoms with Crippen molar-refractivity contribution < 1.29 is 4.79 Å². The normalized spacial score (nSPS) is 15.2.